The first-order chi connectivity index (χ1) is 13.1. The summed E-state index contributed by atoms with van der Waals surface area (Å²) in [4.78, 5) is 24.8. The minimum atomic E-state index is -1.28. The molecular formula is C19H14Cl2F2N2O3. The Hall–Kier alpha value is -2.64. The van der Waals surface area contributed by atoms with E-state index >= 15 is 0 Å². The average Bonchev–Trinajstić information content (AvgIpc) is 2.92. The van der Waals surface area contributed by atoms with Crippen LogP contribution >= 0.6 is 23.2 Å². The third kappa shape index (κ3) is 3.00. The van der Waals surface area contributed by atoms with Crippen molar-refractivity contribution in [1.82, 2.24) is 4.57 Å². The molecule has 0 fully saturated rings. The quantitative estimate of drug-likeness (QED) is 0.645. The van der Waals surface area contributed by atoms with Crippen molar-refractivity contribution in [3.63, 3.8) is 0 Å². The van der Waals surface area contributed by atoms with Gasteiger partial charge in [-0.05, 0) is 37.6 Å². The Kier molecular flexibility index (Phi) is 5.08. The van der Waals surface area contributed by atoms with E-state index < -0.39 is 35.1 Å². The van der Waals surface area contributed by atoms with Gasteiger partial charge in [-0.3, -0.25) is 14.2 Å². The van der Waals surface area contributed by atoms with Gasteiger partial charge in [0.25, 0.3) is 5.91 Å². The number of phenolic OH excluding ortho intramolecular Hbond substituents is 1. The van der Waals surface area contributed by atoms with Crippen molar-refractivity contribution < 1.29 is 23.5 Å². The minimum absolute atomic E-state index is 0.0868. The average molecular weight is 427 g/mol. The molecule has 5 nitrogen and oxygen atoms in total. The van der Waals surface area contributed by atoms with Crippen molar-refractivity contribution in [3.8, 4) is 5.75 Å². The second kappa shape index (κ2) is 7.07. The van der Waals surface area contributed by atoms with Gasteiger partial charge in [0.2, 0.25) is 5.91 Å². The fourth-order valence-electron chi connectivity index (χ4n) is 3.20. The van der Waals surface area contributed by atoms with E-state index in [1.165, 1.54) is 32.0 Å². The molecule has 3 rings (SSSR count). The fourth-order valence-corrected chi connectivity index (χ4v) is 3.50. The first-order valence-electron chi connectivity index (χ1n) is 8.07. The van der Waals surface area contributed by atoms with Gasteiger partial charge in [0, 0.05) is 22.7 Å². The second-order valence-electron chi connectivity index (χ2n) is 6.31. The van der Waals surface area contributed by atoms with Crippen LogP contribution in [0.4, 0.5) is 8.78 Å². The largest absolute Gasteiger partial charge is 0.503 e. The predicted molar refractivity (Wildman–Crippen MR) is 102 cm³/mol. The lowest BCUT2D eigenvalue weighted by Crippen LogP contribution is -2.20. The molecular weight excluding hydrogens is 413 g/mol. The van der Waals surface area contributed by atoms with E-state index in [2.05, 4.69) is 0 Å². The molecule has 0 aliphatic heterocycles. The standard InChI is InChI=1S/C19H14Cl2F2N2O3/c1-7(18(24)27)14-8(2)25(13-6-12(22)17(26)16(23)15(13)14)19(28)9-3-4-10(20)11(21)5-9/h3-7,26H,1-2H3,(H2,24,27). The Balaban J connectivity index is 2.39. The summed E-state index contributed by atoms with van der Waals surface area (Å²) in [6.45, 7) is 2.90. The summed E-state index contributed by atoms with van der Waals surface area (Å²) in [5.41, 5.74) is 5.59. The van der Waals surface area contributed by atoms with Crippen LogP contribution in [-0.4, -0.2) is 21.5 Å². The number of halogens is 4. The zero-order valence-corrected chi connectivity index (χ0v) is 16.2. The lowest BCUT2D eigenvalue weighted by Gasteiger charge is -2.10. The summed E-state index contributed by atoms with van der Waals surface area (Å²) in [5, 5.41) is 9.79. The molecule has 0 aliphatic carbocycles. The molecule has 146 valence electrons. The third-order valence-corrected chi connectivity index (χ3v) is 5.38. The number of phenols is 1. The van der Waals surface area contributed by atoms with Gasteiger partial charge in [-0.1, -0.05) is 23.2 Å². The monoisotopic (exact) mass is 426 g/mol. The lowest BCUT2D eigenvalue weighted by atomic mass is 9.97. The van der Waals surface area contributed by atoms with Gasteiger partial charge in [-0.15, -0.1) is 0 Å². The SMILES string of the molecule is Cc1c(C(C)C(N)=O)c2c(F)c(O)c(F)cc2n1C(=O)c1ccc(Cl)c(Cl)c1. The van der Waals surface area contributed by atoms with Gasteiger partial charge in [-0.25, -0.2) is 8.78 Å². The van der Waals surface area contributed by atoms with Crippen LogP contribution in [0.1, 0.15) is 34.5 Å². The minimum Gasteiger partial charge on any atom is -0.503 e. The Bertz CT molecular complexity index is 1160. The number of carbonyl (C=O) groups is 2. The van der Waals surface area contributed by atoms with Crippen molar-refractivity contribution in [3.05, 3.63) is 62.8 Å². The number of aromatic nitrogens is 1. The van der Waals surface area contributed by atoms with Gasteiger partial charge >= 0.3 is 0 Å². The number of nitrogens with zero attached hydrogens (tertiary/aromatic N) is 1. The molecule has 0 bridgehead atoms. The first-order valence-corrected chi connectivity index (χ1v) is 8.82. The molecule has 1 aromatic heterocycles. The lowest BCUT2D eigenvalue weighted by molar-refractivity contribution is -0.119. The highest BCUT2D eigenvalue weighted by atomic mass is 35.5. The zero-order chi connectivity index (χ0) is 20.9. The van der Waals surface area contributed by atoms with Crippen LogP contribution in [-0.2, 0) is 4.79 Å². The molecule has 0 saturated heterocycles. The molecule has 0 saturated carbocycles. The Morgan fingerprint density at radius 3 is 2.39 bits per heavy atom. The molecule has 28 heavy (non-hydrogen) atoms. The van der Waals surface area contributed by atoms with Crippen LogP contribution in [0.15, 0.2) is 24.3 Å². The highest BCUT2D eigenvalue weighted by molar-refractivity contribution is 6.42. The number of carbonyl (C=O) groups excluding carboxylic acids is 2. The van der Waals surface area contributed by atoms with Gasteiger partial charge in [-0.2, -0.15) is 0 Å². The predicted octanol–water partition coefficient (Wildman–Crippen LogP) is 4.52. The van der Waals surface area contributed by atoms with E-state index in [0.29, 0.717) is 0 Å². The number of aromatic hydroxyl groups is 1. The van der Waals surface area contributed by atoms with Gasteiger partial charge < -0.3 is 10.8 Å². The van der Waals surface area contributed by atoms with E-state index in [1.807, 2.05) is 0 Å². The number of primary amides is 1. The van der Waals surface area contributed by atoms with Crippen LogP contribution in [0.3, 0.4) is 0 Å². The highest BCUT2D eigenvalue weighted by Crippen LogP contribution is 2.38. The number of nitrogens with two attached hydrogens (primary N) is 1. The molecule has 3 N–H and O–H groups in total. The molecule has 0 aliphatic rings. The summed E-state index contributed by atoms with van der Waals surface area (Å²) in [7, 11) is 0. The Morgan fingerprint density at radius 1 is 1.18 bits per heavy atom. The van der Waals surface area contributed by atoms with Gasteiger partial charge in [0.05, 0.1) is 21.5 Å². The third-order valence-electron chi connectivity index (χ3n) is 4.64. The van der Waals surface area contributed by atoms with E-state index in [9.17, 15) is 23.5 Å². The summed E-state index contributed by atoms with van der Waals surface area (Å²) in [6, 6.07) is 4.97. The Morgan fingerprint density at radius 2 is 1.82 bits per heavy atom. The summed E-state index contributed by atoms with van der Waals surface area (Å²) in [5.74, 6) is -6.14. The smallest absolute Gasteiger partial charge is 0.262 e. The van der Waals surface area contributed by atoms with Crippen molar-refractivity contribution in [2.24, 2.45) is 5.73 Å². The summed E-state index contributed by atoms with van der Waals surface area (Å²) < 4.78 is 29.8. The molecule has 9 heteroatoms. The second-order valence-corrected chi connectivity index (χ2v) is 7.12. The number of amides is 1. The summed E-state index contributed by atoms with van der Waals surface area (Å²) >= 11 is 11.8. The van der Waals surface area contributed by atoms with E-state index in [0.717, 1.165) is 10.6 Å². The maximum absolute atomic E-state index is 14.7. The Labute approximate surface area is 168 Å². The van der Waals surface area contributed by atoms with E-state index in [-0.39, 0.29) is 37.8 Å². The van der Waals surface area contributed by atoms with Gasteiger partial charge in [0.1, 0.15) is 0 Å². The van der Waals surface area contributed by atoms with E-state index in [4.69, 9.17) is 28.9 Å². The van der Waals surface area contributed by atoms with E-state index in [1.54, 1.807) is 0 Å². The molecule has 1 amide bonds. The maximum atomic E-state index is 14.7. The van der Waals surface area contributed by atoms with Crippen LogP contribution in [0.25, 0.3) is 10.9 Å². The number of hydrogen-bond donors (Lipinski definition) is 2. The number of hydrogen-bond acceptors (Lipinski definition) is 3. The number of benzene rings is 2. The molecule has 2 aromatic carbocycles. The topological polar surface area (TPSA) is 85.3 Å². The molecule has 1 unspecified atom stereocenters. The molecule has 1 atom stereocenters. The highest BCUT2D eigenvalue weighted by Gasteiger charge is 2.30. The molecule has 0 spiro atoms. The van der Waals surface area contributed by atoms with Crippen molar-refractivity contribution in [2.75, 3.05) is 0 Å². The first kappa shape index (κ1) is 20.1. The van der Waals surface area contributed by atoms with Crippen molar-refractivity contribution >= 4 is 45.9 Å². The normalized spacial score (nSPS) is 12.4. The molecule has 1 heterocycles. The van der Waals surface area contributed by atoms with Crippen molar-refractivity contribution in [2.45, 2.75) is 19.8 Å². The zero-order valence-electron chi connectivity index (χ0n) is 14.7. The molecule has 3 aromatic rings. The van der Waals surface area contributed by atoms with Crippen LogP contribution in [0.5, 0.6) is 5.75 Å². The maximum Gasteiger partial charge on any atom is 0.262 e. The van der Waals surface area contributed by atoms with Crippen molar-refractivity contribution in [1.29, 1.82) is 0 Å². The number of fused-ring (bicyclic) bond motifs is 1. The molecule has 0 radical (unpaired) electrons. The van der Waals surface area contributed by atoms with Gasteiger partial charge in [0.15, 0.2) is 17.4 Å². The van der Waals surface area contributed by atoms with Crippen LogP contribution < -0.4 is 5.73 Å². The van der Waals surface area contributed by atoms with Crippen LogP contribution in [0, 0.1) is 18.6 Å². The number of rotatable bonds is 3. The summed E-state index contributed by atoms with van der Waals surface area (Å²) in [6.07, 6.45) is 0. The van der Waals surface area contributed by atoms with Crippen LogP contribution in [0.2, 0.25) is 10.0 Å². The fraction of sp³-hybridized carbons (Fsp3) is 0.158.